The third-order valence-electron chi connectivity index (χ3n) is 5.93. The van der Waals surface area contributed by atoms with Gasteiger partial charge in [-0.15, -0.1) is 0 Å². The highest BCUT2D eigenvalue weighted by Gasteiger charge is 2.21. The number of nitrogens with one attached hydrogen (secondary N) is 1. The Hall–Kier alpha value is -3.98. The average Bonchev–Trinajstić information content (AvgIpc) is 3.44. The Morgan fingerprint density at radius 1 is 1.24 bits per heavy atom. The van der Waals surface area contributed by atoms with Crippen molar-refractivity contribution in [1.29, 1.82) is 0 Å². The smallest absolute Gasteiger partial charge is 0.273 e. The molecule has 0 saturated carbocycles. The van der Waals surface area contributed by atoms with E-state index in [0.717, 1.165) is 23.3 Å². The first kappa shape index (κ1) is 21.8. The van der Waals surface area contributed by atoms with E-state index < -0.39 is 0 Å². The van der Waals surface area contributed by atoms with Crippen LogP contribution in [0.4, 0.5) is 5.69 Å². The fraction of sp³-hybridized carbons (Fsp3) is 0.208. The second-order valence-electron chi connectivity index (χ2n) is 8.15. The van der Waals surface area contributed by atoms with Gasteiger partial charge < -0.3 is 15.6 Å². The van der Waals surface area contributed by atoms with Gasteiger partial charge in [-0.1, -0.05) is 11.6 Å². The summed E-state index contributed by atoms with van der Waals surface area (Å²) in [7, 11) is 1.75. The maximum absolute atomic E-state index is 13.6. The zero-order chi connectivity index (χ0) is 24.0. The Bertz CT molecular complexity index is 1550. The van der Waals surface area contributed by atoms with Crippen LogP contribution in [0.2, 0.25) is 5.02 Å². The zero-order valence-corrected chi connectivity index (χ0v) is 19.8. The van der Waals surface area contributed by atoms with Gasteiger partial charge in [0, 0.05) is 47.4 Å². The van der Waals surface area contributed by atoms with Gasteiger partial charge in [-0.25, -0.2) is 15.0 Å². The van der Waals surface area contributed by atoms with Gasteiger partial charge in [0.1, 0.15) is 11.2 Å². The number of amides is 1. The monoisotopic (exact) mass is 474 g/mol. The van der Waals surface area contributed by atoms with Gasteiger partial charge >= 0.3 is 0 Å². The first-order chi connectivity index (χ1) is 16.4. The molecule has 5 aromatic rings. The van der Waals surface area contributed by atoms with Crippen molar-refractivity contribution >= 4 is 45.1 Å². The molecular weight excluding hydrogens is 452 g/mol. The van der Waals surface area contributed by atoms with Gasteiger partial charge in [0.2, 0.25) is 0 Å². The number of nitrogen functional groups attached to an aromatic ring is 1. The summed E-state index contributed by atoms with van der Waals surface area (Å²) in [6.45, 7) is 5.20. The Labute approximate surface area is 200 Å². The minimum atomic E-state index is -0.241. The lowest BCUT2D eigenvalue weighted by Crippen LogP contribution is -2.27. The molecular formula is C24H23ClN8O. The Morgan fingerprint density at radius 3 is 2.82 bits per heavy atom. The van der Waals surface area contributed by atoms with Crippen LogP contribution in [0, 0.1) is 6.92 Å². The number of nitrogens with two attached hydrogens (primary N) is 1. The molecule has 2 aromatic carbocycles. The molecule has 0 aliphatic rings. The fourth-order valence-electron chi connectivity index (χ4n) is 4.07. The molecule has 34 heavy (non-hydrogen) atoms. The van der Waals surface area contributed by atoms with Crippen LogP contribution in [0.5, 0.6) is 0 Å². The summed E-state index contributed by atoms with van der Waals surface area (Å²) < 4.78 is 1.90. The van der Waals surface area contributed by atoms with E-state index in [-0.39, 0.29) is 11.6 Å². The topological polar surface area (TPSA) is 119 Å². The number of rotatable bonds is 5. The molecule has 172 valence electrons. The second kappa shape index (κ2) is 8.42. The second-order valence-corrected chi connectivity index (χ2v) is 8.59. The summed E-state index contributed by atoms with van der Waals surface area (Å²) in [6.07, 6.45) is 3.38. The lowest BCUT2D eigenvalue weighted by Gasteiger charge is -2.18. The van der Waals surface area contributed by atoms with Gasteiger partial charge in [0.05, 0.1) is 29.2 Å². The van der Waals surface area contributed by atoms with Crippen molar-refractivity contribution in [3.8, 4) is 11.4 Å². The predicted octanol–water partition coefficient (Wildman–Crippen LogP) is 4.21. The lowest BCUT2D eigenvalue weighted by atomic mass is 10.1. The number of benzene rings is 2. The largest absolute Gasteiger partial charge is 0.397 e. The molecule has 0 radical (unpaired) electrons. The summed E-state index contributed by atoms with van der Waals surface area (Å²) in [6, 6.07) is 8.88. The van der Waals surface area contributed by atoms with Crippen molar-refractivity contribution in [3.05, 3.63) is 64.8 Å². The maximum Gasteiger partial charge on any atom is 0.273 e. The minimum Gasteiger partial charge on any atom is -0.397 e. The number of anilines is 1. The van der Waals surface area contributed by atoms with Gasteiger partial charge in [-0.05, 0) is 44.2 Å². The van der Waals surface area contributed by atoms with Crippen LogP contribution in [-0.2, 0) is 13.1 Å². The molecule has 0 spiro atoms. The van der Waals surface area contributed by atoms with Gasteiger partial charge in [0.15, 0.2) is 5.82 Å². The van der Waals surface area contributed by atoms with Crippen molar-refractivity contribution < 1.29 is 4.79 Å². The first-order valence-electron chi connectivity index (χ1n) is 10.8. The quantitative estimate of drug-likeness (QED) is 0.368. The highest BCUT2D eigenvalue weighted by atomic mass is 35.5. The fourth-order valence-corrected chi connectivity index (χ4v) is 4.24. The summed E-state index contributed by atoms with van der Waals surface area (Å²) in [4.78, 5) is 31.9. The number of aromatic nitrogens is 6. The summed E-state index contributed by atoms with van der Waals surface area (Å²) in [5, 5.41) is 5.47. The van der Waals surface area contributed by atoms with E-state index >= 15 is 0 Å². The van der Waals surface area contributed by atoms with Crippen LogP contribution in [-0.4, -0.2) is 47.6 Å². The number of imidazole rings is 1. The summed E-state index contributed by atoms with van der Waals surface area (Å²) in [5.74, 6) is 0.153. The molecule has 3 heterocycles. The number of aryl methyl sites for hydroxylation is 1. The van der Waals surface area contributed by atoms with E-state index in [0.29, 0.717) is 45.1 Å². The minimum absolute atomic E-state index is 0.241. The van der Waals surface area contributed by atoms with Gasteiger partial charge in [0.25, 0.3) is 5.91 Å². The summed E-state index contributed by atoms with van der Waals surface area (Å²) in [5.41, 5.74) is 11.7. The predicted molar refractivity (Wildman–Crippen MR) is 132 cm³/mol. The standard InChI is InChI=1S/C24H23ClN8O/c1-4-33-13(2)15(10-29-33)11-32(3)24(34)21-17-9-16(25)5-6-19(17)30-23(31-21)14-7-18(26)22-20(8-14)27-12-28-22/h5-10,12H,4,11,26H2,1-3H3,(H,27,28). The van der Waals surface area contributed by atoms with Crippen LogP contribution < -0.4 is 5.73 Å². The van der Waals surface area contributed by atoms with Gasteiger partial charge in [-0.2, -0.15) is 5.10 Å². The van der Waals surface area contributed by atoms with E-state index in [9.17, 15) is 4.79 Å². The van der Waals surface area contributed by atoms with E-state index in [4.69, 9.17) is 22.3 Å². The third-order valence-corrected chi connectivity index (χ3v) is 6.17. The van der Waals surface area contributed by atoms with E-state index in [1.165, 1.54) is 0 Å². The number of carbonyl (C=O) groups excluding carboxylic acids is 1. The number of halogens is 1. The summed E-state index contributed by atoms with van der Waals surface area (Å²) >= 11 is 6.26. The van der Waals surface area contributed by atoms with Crippen molar-refractivity contribution in [2.75, 3.05) is 12.8 Å². The Balaban J connectivity index is 1.60. The molecule has 1 amide bonds. The van der Waals surface area contributed by atoms with E-state index in [1.54, 1.807) is 48.7 Å². The molecule has 9 nitrogen and oxygen atoms in total. The van der Waals surface area contributed by atoms with Crippen molar-refractivity contribution in [1.82, 2.24) is 34.6 Å². The zero-order valence-electron chi connectivity index (χ0n) is 19.0. The lowest BCUT2D eigenvalue weighted by molar-refractivity contribution is 0.0781. The molecule has 5 rings (SSSR count). The van der Waals surface area contributed by atoms with Crippen molar-refractivity contribution in [2.24, 2.45) is 0 Å². The molecule has 3 aromatic heterocycles. The number of fused-ring (bicyclic) bond motifs is 2. The number of hydrogen-bond donors (Lipinski definition) is 2. The SMILES string of the molecule is CCn1ncc(CN(C)C(=O)c2nc(-c3cc(N)c4nc[nH]c4c3)nc3ccc(Cl)cc23)c1C. The molecule has 0 atom stereocenters. The number of hydrogen-bond acceptors (Lipinski definition) is 6. The molecule has 0 unspecified atom stereocenters. The first-order valence-corrected chi connectivity index (χ1v) is 11.2. The molecule has 3 N–H and O–H groups in total. The number of aromatic amines is 1. The van der Waals surface area contributed by atoms with Crippen LogP contribution in [0.3, 0.4) is 0 Å². The molecule has 0 fully saturated rings. The molecule has 10 heteroatoms. The molecule has 0 saturated heterocycles. The number of carbonyl (C=O) groups is 1. The van der Waals surface area contributed by atoms with Crippen molar-refractivity contribution in [2.45, 2.75) is 26.9 Å². The highest BCUT2D eigenvalue weighted by Crippen LogP contribution is 2.29. The van der Waals surface area contributed by atoms with Crippen LogP contribution in [0.25, 0.3) is 33.3 Å². The molecule has 0 aliphatic carbocycles. The van der Waals surface area contributed by atoms with Crippen molar-refractivity contribution in [3.63, 3.8) is 0 Å². The normalized spacial score (nSPS) is 11.4. The number of H-pyrrole nitrogens is 1. The highest BCUT2D eigenvalue weighted by molar-refractivity contribution is 6.31. The third kappa shape index (κ3) is 3.73. The Morgan fingerprint density at radius 2 is 2.06 bits per heavy atom. The number of nitrogens with zero attached hydrogens (tertiary/aromatic N) is 6. The van der Waals surface area contributed by atoms with E-state index in [1.807, 2.05) is 24.6 Å². The maximum atomic E-state index is 13.6. The van der Waals surface area contributed by atoms with E-state index in [2.05, 4.69) is 20.1 Å². The van der Waals surface area contributed by atoms with Crippen LogP contribution in [0.1, 0.15) is 28.7 Å². The average molecular weight is 475 g/mol. The van der Waals surface area contributed by atoms with Gasteiger partial charge in [-0.3, -0.25) is 9.48 Å². The molecule has 0 aliphatic heterocycles. The Kier molecular flexibility index (Phi) is 5.41. The van der Waals surface area contributed by atoms with Crippen LogP contribution in [0.15, 0.2) is 42.9 Å². The van der Waals surface area contributed by atoms with Crippen LogP contribution >= 0.6 is 11.6 Å². The molecule has 0 bridgehead atoms.